The molecule has 0 aliphatic heterocycles. The molecule has 0 bridgehead atoms. The van der Waals surface area contributed by atoms with Crippen LogP contribution < -0.4 is 4.74 Å². The van der Waals surface area contributed by atoms with E-state index < -0.39 is 0 Å². The van der Waals surface area contributed by atoms with E-state index in [9.17, 15) is 9.65 Å². The Labute approximate surface area is 137 Å². The molecule has 0 saturated heterocycles. The number of ether oxygens (including phenoxy) is 1. The van der Waals surface area contributed by atoms with Crippen molar-refractivity contribution in [3.8, 4) is 24.2 Å². The van der Waals surface area contributed by atoms with Gasteiger partial charge in [-0.15, -0.1) is 6.42 Å². The highest BCUT2D eigenvalue weighted by Crippen LogP contribution is 2.28. The van der Waals surface area contributed by atoms with E-state index in [-0.39, 0.29) is 12.4 Å². The molecule has 0 aromatic heterocycles. The van der Waals surface area contributed by atoms with Crippen LogP contribution in [0.4, 0.5) is 4.39 Å². The van der Waals surface area contributed by atoms with E-state index in [0.717, 1.165) is 10.0 Å². The number of hydrogen-bond acceptors (Lipinski definition) is 2. The van der Waals surface area contributed by atoms with Crippen LogP contribution >= 0.6 is 15.9 Å². The number of hydrogen-bond donors (Lipinski definition) is 0. The number of nitriles is 1. The van der Waals surface area contributed by atoms with Gasteiger partial charge < -0.3 is 4.74 Å². The van der Waals surface area contributed by atoms with E-state index >= 15 is 0 Å². The van der Waals surface area contributed by atoms with Crippen molar-refractivity contribution in [1.29, 1.82) is 5.26 Å². The third kappa shape index (κ3) is 3.97. The van der Waals surface area contributed by atoms with Crippen LogP contribution in [0.1, 0.15) is 11.1 Å². The molecule has 0 aliphatic rings. The predicted molar refractivity (Wildman–Crippen MR) is 88.4 cm³/mol. The molecular formula is C18H11BrFNO. The second kappa shape index (κ2) is 7.45. The summed E-state index contributed by atoms with van der Waals surface area (Å²) in [5, 5.41) is 9.27. The van der Waals surface area contributed by atoms with E-state index in [1.165, 1.54) is 12.1 Å². The first-order valence-electron chi connectivity index (χ1n) is 6.37. The van der Waals surface area contributed by atoms with Crippen molar-refractivity contribution in [3.63, 3.8) is 0 Å². The maximum atomic E-state index is 13.3. The smallest absolute Gasteiger partial charge is 0.148 e. The monoisotopic (exact) mass is 355 g/mol. The SMILES string of the molecule is C#CCOc1ccc(/C=C(/C#N)c2cccc(F)c2)cc1Br. The van der Waals surface area contributed by atoms with Crippen molar-refractivity contribution in [3.05, 3.63) is 63.9 Å². The summed E-state index contributed by atoms with van der Waals surface area (Å²) in [6.45, 7) is 0.181. The van der Waals surface area contributed by atoms with Gasteiger partial charge in [0, 0.05) is 0 Å². The lowest BCUT2D eigenvalue weighted by molar-refractivity contribution is 0.368. The van der Waals surface area contributed by atoms with Crippen molar-refractivity contribution < 1.29 is 9.13 Å². The predicted octanol–water partition coefficient (Wildman–Crippen LogP) is 4.66. The molecule has 0 aliphatic carbocycles. The molecule has 2 aromatic carbocycles. The Kier molecular flexibility index (Phi) is 5.36. The fourth-order valence-electron chi connectivity index (χ4n) is 1.85. The summed E-state index contributed by atoms with van der Waals surface area (Å²) < 4.78 is 19.3. The van der Waals surface area contributed by atoms with Crippen molar-refractivity contribution in [1.82, 2.24) is 0 Å². The Morgan fingerprint density at radius 3 is 2.77 bits per heavy atom. The van der Waals surface area contributed by atoms with Gasteiger partial charge in [-0.1, -0.05) is 24.1 Å². The van der Waals surface area contributed by atoms with Gasteiger partial charge in [0.05, 0.1) is 16.1 Å². The molecule has 0 saturated carbocycles. The van der Waals surface area contributed by atoms with Gasteiger partial charge in [0.1, 0.15) is 18.2 Å². The minimum Gasteiger partial charge on any atom is -0.480 e. The van der Waals surface area contributed by atoms with E-state index in [2.05, 4.69) is 27.9 Å². The first-order valence-corrected chi connectivity index (χ1v) is 7.17. The molecule has 2 aromatic rings. The molecule has 2 rings (SSSR count). The lowest BCUT2D eigenvalue weighted by Gasteiger charge is -2.06. The average Bonchev–Trinajstić information content (AvgIpc) is 2.51. The molecule has 108 valence electrons. The third-order valence-corrected chi connectivity index (χ3v) is 3.45. The van der Waals surface area contributed by atoms with Gasteiger partial charge in [-0.3, -0.25) is 0 Å². The molecule has 0 heterocycles. The molecule has 0 atom stereocenters. The third-order valence-electron chi connectivity index (χ3n) is 2.83. The van der Waals surface area contributed by atoms with Gasteiger partial charge in [-0.2, -0.15) is 5.26 Å². The van der Waals surface area contributed by atoms with Crippen LogP contribution in [-0.4, -0.2) is 6.61 Å². The van der Waals surface area contributed by atoms with Crippen molar-refractivity contribution in [2.24, 2.45) is 0 Å². The maximum absolute atomic E-state index is 13.3. The zero-order chi connectivity index (χ0) is 15.9. The quantitative estimate of drug-likeness (QED) is 0.453. The molecule has 0 radical (unpaired) electrons. The Morgan fingerprint density at radius 1 is 1.32 bits per heavy atom. The van der Waals surface area contributed by atoms with Crippen LogP contribution in [0.25, 0.3) is 11.6 Å². The second-order valence-electron chi connectivity index (χ2n) is 4.36. The summed E-state index contributed by atoms with van der Waals surface area (Å²) in [7, 11) is 0. The Bertz CT molecular complexity index is 799. The normalized spacial score (nSPS) is 10.6. The number of rotatable bonds is 4. The molecule has 22 heavy (non-hydrogen) atoms. The summed E-state index contributed by atoms with van der Waals surface area (Å²) in [5.41, 5.74) is 1.70. The largest absolute Gasteiger partial charge is 0.480 e. The lowest BCUT2D eigenvalue weighted by atomic mass is 10.0. The minimum atomic E-state index is -0.377. The Balaban J connectivity index is 2.33. The standard InChI is InChI=1S/C18H11BrFNO/c1-2-8-22-18-7-6-13(10-17(18)19)9-15(12-21)14-4-3-5-16(20)11-14/h1,3-7,9-11H,8H2/b15-9-. The molecule has 2 nitrogen and oxygen atoms in total. The summed E-state index contributed by atoms with van der Waals surface area (Å²) in [5.74, 6) is 2.64. The van der Waals surface area contributed by atoms with Gasteiger partial charge in [0.2, 0.25) is 0 Å². The zero-order valence-electron chi connectivity index (χ0n) is 11.5. The van der Waals surface area contributed by atoms with Crippen LogP contribution in [0, 0.1) is 29.5 Å². The van der Waals surface area contributed by atoms with E-state index in [1.54, 1.807) is 30.3 Å². The number of allylic oxidation sites excluding steroid dienone is 1. The van der Waals surface area contributed by atoms with E-state index in [0.29, 0.717) is 16.9 Å². The summed E-state index contributed by atoms with van der Waals surface area (Å²) >= 11 is 3.39. The number of benzene rings is 2. The molecule has 0 amide bonds. The summed E-state index contributed by atoms with van der Waals surface area (Å²) in [4.78, 5) is 0. The maximum Gasteiger partial charge on any atom is 0.148 e. The highest BCUT2D eigenvalue weighted by molar-refractivity contribution is 9.10. The van der Waals surface area contributed by atoms with Gasteiger partial charge in [0.15, 0.2) is 0 Å². The highest BCUT2D eigenvalue weighted by atomic mass is 79.9. The molecular weight excluding hydrogens is 345 g/mol. The fraction of sp³-hybridized carbons (Fsp3) is 0.0556. The van der Waals surface area contributed by atoms with Crippen molar-refractivity contribution in [2.45, 2.75) is 0 Å². The zero-order valence-corrected chi connectivity index (χ0v) is 13.1. The van der Waals surface area contributed by atoms with Crippen molar-refractivity contribution in [2.75, 3.05) is 6.61 Å². The summed E-state index contributed by atoms with van der Waals surface area (Å²) in [6, 6.07) is 13.4. The van der Waals surface area contributed by atoms with Crippen LogP contribution in [0.5, 0.6) is 5.75 Å². The molecule has 0 spiro atoms. The second-order valence-corrected chi connectivity index (χ2v) is 5.22. The lowest BCUT2D eigenvalue weighted by Crippen LogP contribution is -1.94. The molecule has 0 fully saturated rings. The topological polar surface area (TPSA) is 33.0 Å². The van der Waals surface area contributed by atoms with Crippen LogP contribution in [0.3, 0.4) is 0 Å². The Morgan fingerprint density at radius 2 is 2.14 bits per heavy atom. The average molecular weight is 356 g/mol. The number of halogens is 2. The first-order chi connectivity index (χ1) is 10.6. The van der Waals surface area contributed by atoms with Gasteiger partial charge in [-0.05, 0) is 57.4 Å². The van der Waals surface area contributed by atoms with Gasteiger partial charge >= 0.3 is 0 Å². The van der Waals surface area contributed by atoms with Gasteiger partial charge in [0.25, 0.3) is 0 Å². The minimum absolute atomic E-state index is 0.181. The molecule has 0 N–H and O–H groups in total. The number of terminal acetylenes is 1. The molecule has 4 heteroatoms. The van der Waals surface area contributed by atoms with E-state index in [1.807, 2.05) is 6.07 Å². The van der Waals surface area contributed by atoms with Crippen LogP contribution in [0.15, 0.2) is 46.9 Å². The molecule has 0 unspecified atom stereocenters. The fourth-order valence-corrected chi connectivity index (χ4v) is 2.36. The first kappa shape index (κ1) is 15.8. The highest BCUT2D eigenvalue weighted by Gasteiger charge is 2.05. The number of nitrogens with zero attached hydrogens (tertiary/aromatic N) is 1. The van der Waals surface area contributed by atoms with Crippen LogP contribution in [0.2, 0.25) is 0 Å². The van der Waals surface area contributed by atoms with Gasteiger partial charge in [-0.25, -0.2) is 4.39 Å². The Hall–Kier alpha value is -2.56. The van der Waals surface area contributed by atoms with Crippen LogP contribution in [-0.2, 0) is 0 Å². The summed E-state index contributed by atoms with van der Waals surface area (Å²) in [6.07, 6.45) is 6.84. The van der Waals surface area contributed by atoms with Crippen molar-refractivity contribution >= 4 is 27.6 Å². The van der Waals surface area contributed by atoms with E-state index in [4.69, 9.17) is 11.2 Å².